The van der Waals surface area contributed by atoms with E-state index in [9.17, 15) is 40.2 Å². The Kier molecular flexibility index (Phi) is 10.6. The number of morpholine rings is 1. The van der Waals surface area contributed by atoms with E-state index in [1.807, 2.05) is 0 Å². The number of carbonyl (C=O) groups excluding carboxylic acids is 1. The molecule has 1 aromatic carbocycles. The maximum atomic E-state index is 13.5. The topological polar surface area (TPSA) is 135 Å². The van der Waals surface area contributed by atoms with Crippen molar-refractivity contribution in [1.29, 1.82) is 0 Å². The van der Waals surface area contributed by atoms with E-state index in [4.69, 9.17) is 4.74 Å². The highest BCUT2D eigenvalue weighted by Crippen LogP contribution is 2.44. The smallest absolute Gasteiger partial charge is 0.434 e. The van der Waals surface area contributed by atoms with E-state index >= 15 is 0 Å². The van der Waals surface area contributed by atoms with Gasteiger partial charge in [0, 0.05) is 32.7 Å². The predicted octanol–water partition coefficient (Wildman–Crippen LogP) is 2.44. The standard InChI is InChI=1S/C22H32F4N3O9PS/c1-27(2)11-14-36-39(31,32)37-15-19(22(24,25)26)38-20(30)28-9-7-21(8-10-28)16-29(12-13-35-21)40(33,34)18-5-3-17(23)4-6-18/h3-6,19H,7-16H2,1-2H3,(H,31,32)/t19-/m1/s1. The summed E-state index contributed by atoms with van der Waals surface area (Å²) in [5.41, 5.74) is -0.984. The molecule has 228 valence electrons. The molecule has 1 spiro atoms. The number of benzene rings is 1. The van der Waals surface area contributed by atoms with E-state index in [0.717, 1.165) is 29.2 Å². The molecule has 1 amide bonds. The van der Waals surface area contributed by atoms with Crippen molar-refractivity contribution >= 4 is 23.9 Å². The Morgan fingerprint density at radius 1 is 1.18 bits per heavy atom. The Morgan fingerprint density at radius 2 is 1.80 bits per heavy atom. The molecule has 2 atom stereocenters. The van der Waals surface area contributed by atoms with Gasteiger partial charge in [0.2, 0.25) is 16.1 Å². The van der Waals surface area contributed by atoms with Crippen LogP contribution in [0.1, 0.15) is 12.8 Å². The van der Waals surface area contributed by atoms with Gasteiger partial charge in [-0.1, -0.05) is 0 Å². The number of hydrogen-bond donors (Lipinski definition) is 1. The SMILES string of the molecule is CN(C)CCOP(=O)(O)OC[C@@H](OC(=O)N1CCC2(CC1)CN(S(=O)(=O)c1ccc(F)cc1)CCO2)C(F)(F)F. The molecular weight excluding hydrogens is 589 g/mol. The van der Waals surface area contributed by atoms with Gasteiger partial charge < -0.3 is 24.2 Å². The zero-order valence-corrected chi connectivity index (χ0v) is 23.6. The second kappa shape index (κ2) is 13.0. The Bertz CT molecular complexity index is 1160. The minimum absolute atomic E-state index is 0.0497. The summed E-state index contributed by atoms with van der Waals surface area (Å²) in [5, 5.41) is 0. The van der Waals surface area contributed by atoms with Crippen molar-refractivity contribution in [2.45, 2.75) is 35.6 Å². The summed E-state index contributed by atoms with van der Waals surface area (Å²) < 4.78 is 112. The lowest BCUT2D eigenvalue weighted by Crippen LogP contribution is -2.58. The third kappa shape index (κ3) is 8.82. The number of likely N-dealkylation sites (N-methyl/N-ethyl adjacent to an activating group) is 1. The third-order valence-corrected chi connectivity index (χ3v) is 9.23. The normalized spacial score (nSPS) is 20.9. The molecule has 2 aliphatic heterocycles. The van der Waals surface area contributed by atoms with Crippen LogP contribution in [0.4, 0.5) is 22.4 Å². The minimum atomic E-state index is -5.10. The highest BCUT2D eigenvalue weighted by Gasteiger charge is 2.47. The molecule has 2 fully saturated rings. The second-order valence-electron chi connectivity index (χ2n) is 9.63. The van der Waals surface area contributed by atoms with Crippen LogP contribution in [0.15, 0.2) is 29.2 Å². The largest absolute Gasteiger partial charge is 0.472 e. The third-order valence-electron chi connectivity index (χ3n) is 6.39. The molecule has 2 aliphatic rings. The van der Waals surface area contributed by atoms with Crippen molar-refractivity contribution in [2.75, 3.05) is 66.6 Å². The van der Waals surface area contributed by atoms with Crippen LogP contribution < -0.4 is 0 Å². The van der Waals surface area contributed by atoms with Crippen LogP contribution in [0.2, 0.25) is 0 Å². The number of ether oxygens (including phenoxy) is 2. The fourth-order valence-corrected chi connectivity index (χ4v) is 6.31. The number of likely N-dealkylation sites (tertiary alicyclic amines) is 1. The Morgan fingerprint density at radius 3 is 2.38 bits per heavy atom. The zero-order chi connectivity index (χ0) is 29.8. The number of alkyl halides is 3. The lowest BCUT2D eigenvalue weighted by atomic mass is 9.90. The van der Waals surface area contributed by atoms with Gasteiger partial charge in [-0.2, -0.15) is 17.5 Å². The molecule has 2 saturated heterocycles. The van der Waals surface area contributed by atoms with Crippen molar-refractivity contribution in [3.05, 3.63) is 30.1 Å². The van der Waals surface area contributed by atoms with Crippen LogP contribution in [0, 0.1) is 5.82 Å². The molecule has 0 aromatic heterocycles. The average Bonchev–Trinajstić information content (AvgIpc) is 2.86. The van der Waals surface area contributed by atoms with Gasteiger partial charge in [-0.25, -0.2) is 22.2 Å². The molecule has 1 aromatic rings. The maximum Gasteiger partial charge on any atom is 0.472 e. The van der Waals surface area contributed by atoms with Gasteiger partial charge in [0.15, 0.2) is 0 Å². The molecule has 3 rings (SSSR count). The summed E-state index contributed by atoms with van der Waals surface area (Å²) in [6.07, 6.45) is -9.05. The summed E-state index contributed by atoms with van der Waals surface area (Å²) in [6, 6.07) is 4.36. The molecule has 0 bridgehead atoms. The van der Waals surface area contributed by atoms with Crippen LogP contribution in [0.25, 0.3) is 0 Å². The number of phosphoric ester groups is 1. The van der Waals surface area contributed by atoms with E-state index in [0.29, 0.717) is 0 Å². The van der Waals surface area contributed by atoms with Crippen molar-refractivity contribution < 1.29 is 58.8 Å². The lowest BCUT2D eigenvalue weighted by Gasteiger charge is -2.46. The summed E-state index contributed by atoms with van der Waals surface area (Å²) in [5.74, 6) is -0.588. The van der Waals surface area contributed by atoms with E-state index in [1.54, 1.807) is 19.0 Å². The number of carbonyl (C=O) groups is 1. The first-order valence-electron chi connectivity index (χ1n) is 12.2. The molecule has 0 aliphatic carbocycles. The number of amides is 1. The van der Waals surface area contributed by atoms with Gasteiger partial charge in [-0.15, -0.1) is 0 Å². The number of phosphoric acid groups is 1. The lowest BCUT2D eigenvalue weighted by molar-refractivity contribution is -0.214. The number of hydrogen-bond acceptors (Lipinski definition) is 9. The first-order valence-corrected chi connectivity index (χ1v) is 15.2. The average molecular weight is 622 g/mol. The van der Waals surface area contributed by atoms with Crippen LogP contribution in [-0.2, 0) is 33.1 Å². The van der Waals surface area contributed by atoms with Crippen molar-refractivity contribution in [2.24, 2.45) is 0 Å². The number of halogens is 4. The molecule has 2 heterocycles. The first-order chi connectivity index (χ1) is 18.5. The summed E-state index contributed by atoms with van der Waals surface area (Å²) in [6.45, 7) is -1.68. The predicted molar refractivity (Wildman–Crippen MR) is 131 cm³/mol. The molecule has 0 radical (unpaired) electrons. The number of nitrogens with zero attached hydrogens (tertiary/aromatic N) is 3. The monoisotopic (exact) mass is 621 g/mol. The highest BCUT2D eigenvalue weighted by molar-refractivity contribution is 7.89. The summed E-state index contributed by atoms with van der Waals surface area (Å²) in [7, 11) is -5.49. The second-order valence-corrected chi connectivity index (χ2v) is 13.0. The fourth-order valence-electron chi connectivity index (χ4n) is 4.10. The number of rotatable bonds is 10. The molecule has 40 heavy (non-hydrogen) atoms. The molecular formula is C22H32F4N3O9PS. The van der Waals surface area contributed by atoms with Crippen LogP contribution in [0.3, 0.4) is 0 Å². The van der Waals surface area contributed by atoms with Crippen molar-refractivity contribution in [3.8, 4) is 0 Å². The van der Waals surface area contributed by atoms with E-state index in [-0.39, 0.29) is 63.7 Å². The highest BCUT2D eigenvalue weighted by atomic mass is 32.2. The number of sulfonamides is 1. The molecule has 1 N–H and O–H groups in total. The van der Waals surface area contributed by atoms with Gasteiger partial charge in [0.05, 0.1) is 23.7 Å². The van der Waals surface area contributed by atoms with Crippen LogP contribution in [-0.4, -0.2) is 118 Å². The zero-order valence-electron chi connectivity index (χ0n) is 21.9. The van der Waals surface area contributed by atoms with Crippen molar-refractivity contribution in [1.82, 2.24) is 14.1 Å². The molecule has 0 saturated carbocycles. The van der Waals surface area contributed by atoms with E-state index in [2.05, 4.69) is 13.8 Å². The van der Waals surface area contributed by atoms with Gasteiger partial charge in [0.1, 0.15) is 12.4 Å². The molecule has 12 nitrogen and oxygen atoms in total. The minimum Gasteiger partial charge on any atom is -0.434 e. The molecule has 1 unspecified atom stereocenters. The summed E-state index contributed by atoms with van der Waals surface area (Å²) in [4.78, 5) is 24.7. The Balaban J connectivity index is 1.57. The fraction of sp³-hybridized carbons (Fsp3) is 0.682. The van der Waals surface area contributed by atoms with E-state index in [1.165, 1.54) is 4.31 Å². The van der Waals surface area contributed by atoms with Crippen LogP contribution in [0.5, 0.6) is 0 Å². The quantitative estimate of drug-likeness (QED) is 0.307. The number of piperidine rings is 1. The van der Waals surface area contributed by atoms with Crippen LogP contribution >= 0.6 is 7.82 Å². The van der Waals surface area contributed by atoms with E-state index < -0.39 is 54.2 Å². The van der Waals surface area contributed by atoms with Gasteiger partial charge in [-0.3, -0.25) is 9.05 Å². The summed E-state index contributed by atoms with van der Waals surface area (Å²) >= 11 is 0. The van der Waals surface area contributed by atoms with Gasteiger partial charge in [-0.05, 0) is 51.2 Å². The van der Waals surface area contributed by atoms with Gasteiger partial charge >= 0.3 is 20.1 Å². The van der Waals surface area contributed by atoms with Gasteiger partial charge in [0.25, 0.3) is 0 Å². The first kappa shape index (κ1) is 32.7. The van der Waals surface area contributed by atoms with Crippen molar-refractivity contribution in [3.63, 3.8) is 0 Å². The Hall–Kier alpha value is -1.85. The maximum absolute atomic E-state index is 13.5. The Labute approximate surface area is 229 Å². The molecule has 18 heteroatoms.